The summed E-state index contributed by atoms with van der Waals surface area (Å²) in [5, 5.41) is 13.4. The number of aliphatic hydroxyl groups is 1. The Balaban J connectivity index is 1.97. The minimum absolute atomic E-state index is 0.139. The molecule has 0 radical (unpaired) electrons. The normalized spacial score (nSPS) is 34.0. The third-order valence-corrected chi connectivity index (χ3v) is 3.14. The van der Waals surface area contributed by atoms with E-state index in [9.17, 15) is 9.90 Å². The van der Waals surface area contributed by atoms with Crippen molar-refractivity contribution < 1.29 is 14.6 Å². The summed E-state index contributed by atoms with van der Waals surface area (Å²) in [6.45, 7) is 7.83. The van der Waals surface area contributed by atoms with Crippen molar-refractivity contribution in [2.75, 3.05) is 26.2 Å². The molecule has 0 aromatic carbocycles. The lowest BCUT2D eigenvalue weighted by molar-refractivity contribution is 0.0161. The van der Waals surface area contributed by atoms with Crippen molar-refractivity contribution in [1.29, 1.82) is 0 Å². The topological polar surface area (TPSA) is 61.8 Å². The first-order chi connectivity index (χ1) is 7.30. The molecule has 16 heavy (non-hydrogen) atoms. The van der Waals surface area contributed by atoms with Gasteiger partial charge in [-0.2, -0.15) is 0 Å². The van der Waals surface area contributed by atoms with Crippen LogP contribution in [0.5, 0.6) is 0 Å². The standard InChI is InChI=1S/C11H20N2O3/c1-10(2,3)16-9(14)13-5-8-4-12-6-11(8,15)7-13/h8,12,15H,4-7H2,1-3H3/t8?,11-/m1/s1. The molecular weight excluding hydrogens is 208 g/mol. The predicted octanol–water partition coefficient (Wildman–Crippen LogP) is 0.188. The summed E-state index contributed by atoms with van der Waals surface area (Å²) in [5.74, 6) is 0.139. The third kappa shape index (κ3) is 2.15. The Bertz CT molecular complexity index is 300. The van der Waals surface area contributed by atoms with E-state index in [2.05, 4.69) is 5.32 Å². The second-order valence-electron chi connectivity index (χ2n) is 5.79. The number of nitrogens with one attached hydrogen (secondary N) is 1. The molecule has 0 aliphatic carbocycles. The van der Waals surface area contributed by atoms with Gasteiger partial charge in [0.15, 0.2) is 0 Å². The molecule has 2 rings (SSSR count). The van der Waals surface area contributed by atoms with Crippen LogP contribution in [0, 0.1) is 5.92 Å². The highest BCUT2D eigenvalue weighted by atomic mass is 16.6. The van der Waals surface area contributed by atoms with Crippen molar-refractivity contribution in [1.82, 2.24) is 10.2 Å². The van der Waals surface area contributed by atoms with Gasteiger partial charge >= 0.3 is 6.09 Å². The second kappa shape index (κ2) is 3.60. The molecule has 5 heteroatoms. The highest BCUT2D eigenvalue weighted by Gasteiger charge is 2.50. The average Bonchev–Trinajstić information content (AvgIpc) is 2.55. The van der Waals surface area contributed by atoms with Crippen LogP contribution in [0.25, 0.3) is 0 Å². The van der Waals surface area contributed by atoms with Gasteiger partial charge in [0.2, 0.25) is 0 Å². The van der Waals surface area contributed by atoms with Crippen molar-refractivity contribution in [3.8, 4) is 0 Å². The van der Waals surface area contributed by atoms with Crippen LogP contribution in [0.4, 0.5) is 4.79 Å². The fourth-order valence-corrected chi connectivity index (χ4v) is 2.34. The smallest absolute Gasteiger partial charge is 0.410 e. The minimum atomic E-state index is -0.753. The van der Waals surface area contributed by atoms with Crippen LogP contribution in [0.15, 0.2) is 0 Å². The fraction of sp³-hybridized carbons (Fsp3) is 0.909. The van der Waals surface area contributed by atoms with Crippen LogP contribution in [-0.2, 0) is 4.74 Å². The van der Waals surface area contributed by atoms with Crippen LogP contribution in [0.1, 0.15) is 20.8 Å². The maximum atomic E-state index is 11.8. The SMILES string of the molecule is CC(C)(C)OC(=O)N1CC2CNC[C@@]2(O)C1. The van der Waals surface area contributed by atoms with Gasteiger partial charge in [0.1, 0.15) is 11.2 Å². The summed E-state index contributed by atoms with van der Waals surface area (Å²) in [5.41, 5.74) is -1.23. The van der Waals surface area contributed by atoms with E-state index in [1.54, 1.807) is 4.90 Å². The zero-order valence-corrected chi connectivity index (χ0v) is 10.1. The lowest BCUT2D eigenvalue weighted by Crippen LogP contribution is -2.42. The molecule has 0 aromatic heterocycles. The summed E-state index contributed by atoms with van der Waals surface area (Å²) in [6.07, 6.45) is -0.324. The minimum Gasteiger partial charge on any atom is -0.444 e. The Kier molecular flexibility index (Phi) is 2.62. The number of hydrogen-bond donors (Lipinski definition) is 2. The van der Waals surface area contributed by atoms with Crippen LogP contribution >= 0.6 is 0 Å². The molecule has 2 saturated heterocycles. The van der Waals surface area contributed by atoms with Gasteiger partial charge in [0.25, 0.3) is 0 Å². The number of hydrogen-bond acceptors (Lipinski definition) is 4. The first kappa shape index (κ1) is 11.7. The quantitative estimate of drug-likeness (QED) is 0.621. The summed E-state index contributed by atoms with van der Waals surface area (Å²) in [6, 6.07) is 0. The van der Waals surface area contributed by atoms with Crippen molar-refractivity contribution in [3.05, 3.63) is 0 Å². The van der Waals surface area contributed by atoms with Gasteiger partial charge < -0.3 is 20.1 Å². The molecule has 0 aromatic rings. The molecule has 2 aliphatic heterocycles. The largest absolute Gasteiger partial charge is 0.444 e. The zero-order chi connectivity index (χ0) is 12.0. The molecule has 2 heterocycles. The van der Waals surface area contributed by atoms with Gasteiger partial charge in [0.05, 0.1) is 6.54 Å². The summed E-state index contributed by atoms with van der Waals surface area (Å²) in [7, 11) is 0. The van der Waals surface area contributed by atoms with E-state index < -0.39 is 11.2 Å². The van der Waals surface area contributed by atoms with Crippen molar-refractivity contribution >= 4 is 6.09 Å². The highest BCUT2D eigenvalue weighted by molar-refractivity contribution is 5.69. The average molecular weight is 228 g/mol. The lowest BCUT2D eigenvalue weighted by atomic mass is 9.95. The number of carbonyl (C=O) groups is 1. The molecule has 0 spiro atoms. The van der Waals surface area contributed by atoms with Crippen LogP contribution in [0.3, 0.4) is 0 Å². The fourth-order valence-electron chi connectivity index (χ4n) is 2.34. The van der Waals surface area contributed by atoms with Crippen molar-refractivity contribution in [3.63, 3.8) is 0 Å². The molecule has 2 fully saturated rings. The van der Waals surface area contributed by atoms with Crippen molar-refractivity contribution in [2.24, 2.45) is 5.92 Å². The number of nitrogens with zero attached hydrogens (tertiary/aromatic N) is 1. The Morgan fingerprint density at radius 3 is 2.81 bits per heavy atom. The van der Waals surface area contributed by atoms with Crippen LogP contribution in [-0.4, -0.2) is 53.5 Å². The van der Waals surface area contributed by atoms with E-state index in [1.807, 2.05) is 20.8 Å². The van der Waals surface area contributed by atoms with Gasteiger partial charge in [-0.1, -0.05) is 0 Å². The number of β-amino-alcohol motifs (C(OH)–C–C–N with tert-alkyl or cyclic N) is 1. The number of amides is 1. The molecule has 92 valence electrons. The number of ether oxygens (including phenoxy) is 1. The third-order valence-electron chi connectivity index (χ3n) is 3.14. The maximum absolute atomic E-state index is 11.8. The molecule has 5 nitrogen and oxygen atoms in total. The molecule has 2 aliphatic rings. The predicted molar refractivity (Wildman–Crippen MR) is 59.1 cm³/mol. The Hall–Kier alpha value is -0.810. The molecule has 1 amide bonds. The molecule has 1 unspecified atom stereocenters. The summed E-state index contributed by atoms with van der Waals surface area (Å²) in [4.78, 5) is 13.4. The van der Waals surface area contributed by atoms with E-state index in [4.69, 9.17) is 4.74 Å². The van der Waals surface area contributed by atoms with E-state index in [-0.39, 0.29) is 12.0 Å². The Labute approximate surface area is 95.8 Å². The van der Waals surface area contributed by atoms with Crippen LogP contribution in [0.2, 0.25) is 0 Å². The van der Waals surface area contributed by atoms with E-state index in [0.717, 1.165) is 6.54 Å². The van der Waals surface area contributed by atoms with E-state index >= 15 is 0 Å². The molecule has 2 atom stereocenters. The van der Waals surface area contributed by atoms with Gasteiger partial charge in [-0.25, -0.2) is 4.79 Å². The first-order valence-electron chi connectivity index (χ1n) is 5.71. The van der Waals surface area contributed by atoms with Gasteiger partial charge in [-0.3, -0.25) is 0 Å². The zero-order valence-electron chi connectivity index (χ0n) is 10.1. The summed E-state index contributed by atoms with van der Waals surface area (Å²) >= 11 is 0. The Morgan fingerprint density at radius 1 is 1.56 bits per heavy atom. The Morgan fingerprint density at radius 2 is 2.25 bits per heavy atom. The van der Waals surface area contributed by atoms with Gasteiger partial charge in [-0.15, -0.1) is 0 Å². The first-order valence-corrected chi connectivity index (χ1v) is 5.71. The molecule has 0 saturated carbocycles. The maximum Gasteiger partial charge on any atom is 0.410 e. The van der Waals surface area contributed by atoms with E-state index in [1.165, 1.54) is 0 Å². The second-order valence-corrected chi connectivity index (χ2v) is 5.79. The monoisotopic (exact) mass is 228 g/mol. The molecule has 0 bridgehead atoms. The van der Waals surface area contributed by atoms with Gasteiger partial charge in [0, 0.05) is 25.6 Å². The lowest BCUT2D eigenvalue weighted by Gasteiger charge is -2.25. The summed E-state index contributed by atoms with van der Waals surface area (Å²) < 4.78 is 5.29. The highest BCUT2D eigenvalue weighted by Crippen LogP contribution is 2.31. The van der Waals surface area contributed by atoms with E-state index in [0.29, 0.717) is 19.6 Å². The molecular formula is C11H20N2O3. The number of carbonyl (C=O) groups excluding carboxylic acids is 1. The van der Waals surface area contributed by atoms with Gasteiger partial charge in [-0.05, 0) is 20.8 Å². The van der Waals surface area contributed by atoms with Crippen LogP contribution < -0.4 is 5.32 Å². The number of rotatable bonds is 0. The number of likely N-dealkylation sites (tertiary alicyclic amines) is 1. The van der Waals surface area contributed by atoms with Crippen molar-refractivity contribution in [2.45, 2.75) is 32.0 Å². The molecule has 2 N–H and O–H groups in total. The number of fused-ring (bicyclic) bond motifs is 1.